The quantitative estimate of drug-likeness (QED) is 0.887. The lowest BCUT2D eigenvalue weighted by molar-refractivity contribution is 0.0505. The van der Waals surface area contributed by atoms with Crippen molar-refractivity contribution in [3.8, 4) is 0 Å². The molecular formula is C15H25N3O2. The first-order valence-corrected chi connectivity index (χ1v) is 6.70. The van der Waals surface area contributed by atoms with Crippen LogP contribution in [0.5, 0.6) is 0 Å². The molecule has 1 atom stereocenters. The van der Waals surface area contributed by atoms with E-state index < -0.39 is 11.7 Å². The van der Waals surface area contributed by atoms with Crippen LogP contribution in [0.2, 0.25) is 0 Å². The van der Waals surface area contributed by atoms with Crippen LogP contribution < -0.4 is 16.0 Å². The molecule has 0 saturated heterocycles. The largest absolute Gasteiger partial charge is 0.444 e. The number of anilines is 1. The van der Waals surface area contributed by atoms with E-state index in [2.05, 4.69) is 5.32 Å². The molecular weight excluding hydrogens is 254 g/mol. The third-order valence-electron chi connectivity index (χ3n) is 2.74. The van der Waals surface area contributed by atoms with Crippen molar-refractivity contribution in [3.05, 3.63) is 29.8 Å². The van der Waals surface area contributed by atoms with E-state index in [1.807, 2.05) is 64.0 Å². The fourth-order valence-corrected chi connectivity index (χ4v) is 1.73. The number of carbonyl (C=O) groups excluding carboxylic acids is 1. The van der Waals surface area contributed by atoms with Crippen LogP contribution in [0.25, 0.3) is 0 Å². The highest BCUT2D eigenvalue weighted by molar-refractivity contribution is 5.68. The fraction of sp³-hybridized carbons (Fsp3) is 0.533. The van der Waals surface area contributed by atoms with E-state index >= 15 is 0 Å². The molecule has 5 heteroatoms. The summed E-state index contributed by atoms with van der Waals surface area (Å²) in [6.45, 7) is 5.81. The van der Waals surface area contributed by atoms with Crippen LogP contribution in [0.3, 0.4) is 0 Å². The van der Waals surface area contributed by atoms with Gasteiger partial charge in [-0.3, -0.25) is 0 Å². The Labute approximate surface area is 121 Å². The maximum atomic E-state index is 11.8. The Kier molecular flexibility index (Phi) is 5.39. The second-order valence-electron chi connectivity index (χ2n) is 5.92. The van der Waals surface area contributed by atoms with E-state index in [9.17, 15) is 4.79 Å². The molecule has 0 radical (unpaired) electrons. The zero-order valence-corrected chi connectivity index (χ0v) is 12.9. The summed E-state index contributed by atoms with van der Waals surface area (Å²) < 4.78 is 5.24. The lowest BCUT2D eigenvalue weighted by Crippen LogP contribution is -2.37. The summed E-state index contributed by atoms with van der Waals surface area (Å²) in [5.41, 5.74) is 7.28. The first kappa shape index (κ1) is 16.3. The minimum Gasteiger partial charge on any atom is -0.444 e. The smallest absolute Gasteiger partial charge is 0.408 e. The molecule has 0 heterocycles. The number of alkyl carbamates (subject to hydrolysis) is 1. The van der Waals surface area contributed by atoms with Crippen molar-refractivity contribution in [2.45, 2.75) is 32.4 Å². The lowest BCUT2D eigenvalue weighted by Gasteiger charge is -2.23. The summed E-state index contributed by atoms with van der Waals surface area (Å²) in [5, 5.41) is 2.79. The van der Waals surface area contributed by atoms with E-state index in [-0.39, 0.29) is 6.04 Å². The van der Waals surface area contributed by atoms with Crippen molar-refractivity contribution in [2.24, 2.45) is 5.73 Å². The first-order chi connectivity index (χ1) is 9.23. The molecule has 0 unspecified atom stereocenters. The average molecular weight is 279 g/mol. The molecule has 0 saturated carbocycles. The van der Waals surface area contributed by atoms with Crippen LogP contribution in [0.4, 0.5) is 10.5 Å². The number of nitrogens with zero attached hydrogens (tertiary/aromatic N) is 1. The van der Waals surface area contributed by atoms with Gasteiger partial charge in [0.2, 0.25) is 0 Å². The maximum absolute atomic E-state index is 11.8. The van der Waals surface area contributed by atoms with Crippen LogP contribution in [-0.2, 0) is 4.74 Å². The van der Waals surface area contributed by atoms with E-state index in [1.54, 1.807) is 0 Å². The molecule has 0 aliphatic heterocycles. The Morgan fingerprint density at radius 1 is 1.30 bits per heavy atom. The number of rotatable bonds is 4. The number of benzene rings is 1. The highest BCUT2D eigenvalue weighted by atomic mass is 16.6. The van der Waals surface area contributed by atoms with Crippen molar-refractivity contribution in [3.63, 3.8) is 0 Å². The van der Waals surface area contributed by atoms with Gasteiger partial charge in [-0.05, 0) is 38.5 Å². The predicted molar refractivity (Wildman–Crippen MR) is 81.9 cm³/mol. The van der Waals surface area contributed by atoms with Crippen LogP contribution >= 0.6 is 0 Å². The van der Waals surface area contributed by atoms with Gasteiger partial charge in [0.25, 0.3) is 0 Å². The second kappa shape index (κ2) is 6.61. The Bertz CT molecular complexity index is 435. The van der Waals surface area contributed by atoms with E-state index in [1.165, 1.54) is 0 Å². The van der Waals surface area contributed by atoms with Gasteiger partial charge in [-0.1, -0.05) is 12.1 Å². The molecule has 0 fully saturated rings. The van der Waals surface area contributed by atoms with E-state index in [0.29, 0.717) is 6.54 Å². The predicted octanol–water partition coefficient (Wildman–Crippen LogP) is 2.28. The van der Waals surface area contributed by atoms with E-state index in [0.717, 1.165) is 11.3 Å². The van der Waals surface area contributed by atoms with Crippen molar-refractivity contribution in [1.29, 1.82) is 0 Å². The number of amides is 1. The number of hydrogen-bond acceptors (Lipinski definition) is 4. The number of hydrogen-bond donors (Lipinski definition) is 2. The summed E-state index contributed by atoms with van der Waals surface area (Å²) >= 11 is 0. The number of carbonyl (C=O) groups is 1. The maximum Gasteiger partial charge on any atom is 0.408 e. The number of nitrogens with one attached hydrogen (secondary N) is 1. The highest BCUT2D eigenvalue weighted by Crippen LogP contribution is 2.18. The molecule has 0 aromatic heterocycles. The Morgan fingerprint density at radius 2 is 1.85 bits per heavy atom. The zero-order chi connectivity index (χ0) is 15.3. The molecule has 1 aromatic rings. The second-order valence-corrected chi connectivity index (χ2v) is 5.92. The molecule has 0 bridgehead atoms. The van der Waals surface area contributed by atoms with Crippen LogP contribution in [0, 0.1) is 0 Å². The summed E-state index contributed by atoms with van der Waals surface area (Å²) in [5.74, 6) is 0. The minimum atomic E-state index is -0.516. The van der Waals surface area contributed by atoms with Crippen molar-refractivity contribution in [2.75, 3.05) is 25.5 Å². The van der Waals surface area contributed by atoms with Gasteiger partial charge in [-0.15, -0.1) is 0 Å². The van der Waals surface area contributed by atoms with Gasteiger partial charge in [-0.25, -0.2) is 4.79 Å². The molecule has 0 aliphatic rings. The Morgan fingerprint density at radius 3 is 2.25 bits per heavy atom. The van der Waals surface area contributed by atoms with Gasteiger partial charge in [-0.2, -0.15) is 0 Å². The molecule has 5 nitrogen and oxygen atoms in total. The van der Waals surface area contributed by atoms with Gasteiger partial charge < -0.3 is 20.7 Å². The van der Waals surface area contributed by atoms with Crippen LogP contribution in [-0.4, -0.2) is 32.3 Å². The van der Waals surface area contributed by atoms with E-state index in [4.69, 9.17) is 10.5 Å². The average Bonchev–Trinajstić information content (AvgIpc) is 2.34. The summed E-state index contributed by atoms with van der Waals surface area (Å²) in [6.07, 6.45) is -0.454. The van der Waals surface area contributed by atoms with Gasteiger partial charge >= 0.3 is 6.09 Å². The van der Waals surface area contributed by atoms with Crippen LogP contribution in [0.1, 0.15) is 32.4 Å². The third kappa shape index (κ3) is 5.09. The Hall–Kier alpha value is -1.75. The first-order valence-electron chi connectivity index (χ1n) is 6.70. The molecule has 1 aromatic carbocycles. The highest BCUT2D eigenvalue weighted by Gasteiger charge is 2.19. The monoisotopic (exact) mass is 279 g/mol. The fourth-order valence-electron chi connectivity index (χ4n) is 1.73. The van der Waals surface area contributed by atoms with Crippen molar-refractivity contribution >= 4 is 11.8 Å². The molecule has 3 N–H and O–H groups in total. The molecule has 0 spiro atoms. The molecule has 112 valence electrons. The standard InChI is InChI=1S/C15H25N3O2/c1-15(2,3)20-14(19)17-13(10-16)11-6-8-12(9-7-11)18(4)5/h6-9,13H,10,16H2,1-5H3,(H,17,19)/t13-/m1/s1. The number of ether oxygens (including phenoxy) is 1. The van der Waals surface area contributed by atoms with Gasteiger partial charge in [0.05, 0.1) is 6.04 Å². The normalized spacial score (nSPS) is 12.7. The molecule has 1 amide bonds. The zero-order valence-electron chi connectivity index (χ0n) is 12.9. The number of nitrogens with two attached hydrogens (primary N) is 1. The minimum absolute atomic E-state index is 0.249. The van der Waals surface area contributed by atoms with Gasteiger partial charge in [0.15, 0.2) is 0 Å². The van der Waals surface area contributed by atoms with Crippen LogP contribution in [0.15, 0.2) is 24.3 Å². The van der Waals surface area contributed by atoms with Crippen molar-refractivity contribution in [1.82, 2.24) is 5.32 Å². The third-order valence-corrected chi connectivity index (χ3v) is 2.74. The summed E-state index contributed by atoms with van der Waals surface area (Å²) in [4.78, 5) is 13.8. The summed E-state index contributed by atoms with van der Waals surface area (Å²) in [7, 11) is 3.96. The lowest BCUT2D eigenvalue weighted by atomic mass is 10.1. The topological polar surface area (TPSA) is 67.6 Å². The summed E-state index contributed by atoms with van der Waals surface area (Å²) in [6, 6.07) is 7.67. The SMILES string of the molecule is CN(C)c1ccc([C@@H](CN)NC(=O)OC(C)(C)C)cc1. The van der Waals surface area contributed by atoms with Crippen molar-refractivity contribution < 1.29 is 9.53 Å². The Balaban J connectivity index is 2.73. The molecule has 0 aliphatic carbocycles. The molecule has 1 rings (SSSR count). The molecule has 20 heavy (non-hydrogen) atoms. The van der Waals surface area contributed by atoms with Gasteiger partial charge in [0.1, 0.15) is 5.60 Å². The van der Waals surface area contributed by atoms with Gasteiger partial charge in [0, 0.05) is 26.3 Å².